The summed E-state index contributed by atoms with van der Waals surface area (Å²) < 4.78 is 27.6. The first kappa shape index (κ1) is 11.9. The number of hydrogen-bond donors (Lipinski definition) is 0. The Kier molecular flexibility index (Phi) is 2.44. The standard InChI is InChI=1S/C12H17N3O2S/c1-12(5-6-12)18(16,17)15-8-4-10(9-15)11-3-7-13-14(11)2/h3-4,7H,5-6,8-9H2,1-2H3. The number of sulfonamides is 1. The lowest BCUT2D eigenvalue weighted by molar-refractivity contribution is 0.476. The highest BCUT2D eigenvalue weighted by Crippen LogP contribution is 2.45. The van der Waals surface area contributed by atoms with Crippen LogP contribution >= 0.6 is 0 Å². The minimum atomic E-state index is -3.15. The molecular weight excluding hydrogens is 250 g/mol. The average molecular weight is 267 g/mol. The molecule has 98 valence electrons. The van der Waals surface area contributed by atoms with Crippen LogP contribution in [0.1, 0.15) is 25.5 Å². The predicted octanol–water partition coefficient (Wildman–Crippen LogP) is 1.00. The molecular formula is C12H17N3O2S. The van der Waals surface area contributed by atoms with E-state index in [2.05, 4.69) is 5.10 Å². The van der Waals surface area contributed by atoms with E-state index in [9.17, 15) is 8.42 Å². The second-order valence-electron chi connectivity index (χ2n) is 5.32. The van der Waals surface area contributed by atoms with Crippen LogP contribution in [0.2, 0.25) is 0 Å². The maximum Gasteiger partial charge on any atom is 0.220 e. The summed E-state index contributed by atoms with van der Waals surface area (Å²) in [6.45, 7) is 2.79. The van der Waals surface area contributed by atoms with Gasteiger partial charge in [-0.05, 0) is 31.4 Å². The number of aryl methyl sites for hydroxylation is 1. The summed E-state index contributed by atoms with van der Waals surface area (Å²) in [4.78, 5) is 0. The molecule has 5 nitrogen and oxygen atoms in total. The minimum absolute atomic E-state index is 0.470. The lowest BCUT2D eigenvalue weighted by Crippen LogP contribution is -2.37. The molecule has 0 atom stereocenters. The molecule has 3 rings (SSSR count). The molecule has 0 amide bonds. The maximum atomic E-state index is 12.4. The second kappa shape index (κ2) is 3.68. The van der Waals surface area contributed by atoms with Crippen molar-refractivity contribution in [1.29, 1.82) is 0 Å². The molecule has 1 aromatic rings. The van der Waals surface area contributed by atoms with E-state index in [0.29, 0.717) is 13.1 Å². The molecule has 18 heavy (non-hydrogen) atoms. The van der Waals surface area contributed by atoms with Crippen molar-refractivity contribution in [2.75, 3.05) is 13.1 Å². The van der Waals surface area contributed by atoms with Crippen molar-refractivity contribution < 1.29 is 8.42 Å². The van der Waals surface area contributed by atoms with Crippen LogP contribution in [-0.4, -0.2) is 40.3 Å². The Labute approximate surface area is 107 Å². The number of rotatable bonds is 3. The van der Waals surface area contributed by atoms with Gasteiger partial charge >= 0.3 is 0 Å². The molecule has 0 spiro atoms. The smallest absolute Gasteiger partial charge is 0.220 e. The zero-order chi connectivity index (χ0) is 13.0. The molecule has 0 N–H and O–H groups in total. The molecule has 6 heteroatoms. The molecule has 1 aromatic heterocycles. The van der Waals surface area contributed by atoms with E-state index in [-0.39, 0.29) is 0 Å². The van der Waals surface area contributed by atoms with Crippen molar-refractivity contribution in [2.24, 2.45) is 7.05 Å². The van der Waals surface area contributed by atoms with Crippen molar-refractivity contribution in [3.05, 3.63) is 24.0 Å². The average Bonchev–Trinajstić information content (AvgIpc) is 2.79. The van der Waals surface area contributed by atoms with E-state index in [1.54, 1.807) is 15.2 Å². The monoisotopic (exact) mass is 267 g/mol. The fourth-order valence-electron chi connectivity index (χ4n) is 2.33. The van der Waals surface area contributed by atoms with Crippen LogP contribution in [0.3, 0.4) is 0 Å². The molecule has 2 aliphatic rings. The Hall–Kier alpha value is -1.14. The van der Waals surface area contributed by atoms with E-state index in [1.165, 1.54) is 0 Å². The van der Waals surface area contributed by atoms with Crippen LogP contribution in [0.5, 0.6) is 0 Å². The van der Waals surface area contributed by atoms with E-state index < -0.39 is 14.8 Å². The van der Waals surface area contributed by atoms with E-state index in [0.717, 1.165) is 24.1 Å². The number of aromatic nitrogens is 2. The van der Waals surface area contributed by atoms with E-state index in [1.807, 2.05) is 26.1 Å². The van der Waals surface area contributed by atoms with Gasteiger partial charge in [0.1, 0.15) is 0 Å². The van der Waals surface area contributed by atoms with Gasteiger partial charge in [-0.2, -0.15) is 9.40 Å². The van der Waals surface area contributed by atoms with Crippen LogP contribution < -0.4 is 0 Å². The fourth-order valence-corrected chi connectivity index (χ4v) is 4.16. The highest BCUT2D eigenvalue weighted by molar-refractivity contribution is 7.90. The summed E-state index contributed by atoms with van der Waals surface area (Å²) in [5, 5.41) is 4.12. The van der Waals surface area contributed by atoms with Gasteiger partial charge in [0.2, 0.25) is 10.0 Å². The van der Waals surface area contributed by atoms with Gasteiger partial charge in [-0.3, -0.25) is 4.68 Å². The highest BCUT2D eigenvalue weighted by atomic mass is 32.2. The zero-order valence-electron chi connectivity index (χ0n) is 10.6. The predicted molar refractivity (Wildman–Crippen MR) is 69.3 cm³/mol. The fraction of sp³-hybridized carbons (Fsp3) is 0.583. The third-order valence-corrected chi connectivity index (χ3v) is 6.57. The zero-order valence-corrected chi connectivity index (χ0v) is 11.4. The van der Waals surface area contributed by atoms with Gasteiger partial charge in [0.25, 0.3) is 0 Å². The van der Waals surface area contributed by atoms with Gasteiger partial charge in [-0.1, -0.05) is 6.08 Å². The SMILES string of the molecule is Cn1nccc1C1=CCN(S(=O)(=O)C2(C)CC2)C1. The normalized spacial score (nSPS) is 23.1. The van der Waals surface area contributed by atoms with E-state index >= 15 is 0 Å². The summed E-state index contributed by atoms with van der Waals surface area (Å²) in [6.07, 6.45) is 5.29. The summed E-state index contributed by atoms with van der Waals surface area (Å²) in [7, 11) is -1.28. The molecule has 0 bridgehead atoms. The highest BCUT2D eigenvalue weighted by Gasteiger charge is 2.53. The Morgan fingerprint density at radius 1 is 1.39 bits per heavy atom. The Morgan fingerprint density at radius 2 is 2.11 bits per heavy atom. The Morgan fingerprint density at radius 3 is 2.67 bits per heavy atom. The lowest BCUT2D eigenvalue weighted by atomic mass is 10.2. The third-order valence-electron chi connectivity index (χ3n) is 3.95. The molecule has 1 fully saturated rings. The molecule has 0 saturated heterocycles. The maximum absolute atomic E-state index is 12.4. The molecule has 0 radical (unpaired) electrons. The Balaban J connectivity index is 1.81. The molecule has 0 aromatic carbocycles. The minimum Gasteiger partial charge on any atom is -0.268 e. The molecule has 1 aliphatic heterocycles. The first-order valence-corrected chi connectivity index (χ1v) is 7.55. The Bertz CT molecular complexity index is 611. The van der Waals surface area contributed by atoms with Gasteiger partial charge in [0.15, 0.2) is 0 Å². The molecule has 1 aliphatic carbocycles. The van der Waals surface area contributed by atoms with Gasteiger partial charge in [0, 0.05) is 26.3 Å². The van der Waals surface area contributed by atoms with Crippen LogP contribution in [0.15, 0.2) is 18.3 Å². The topological polar surface area (TPSA) is 55.2 Å². The number of hydrogen-bond acceptors (Lipinski definition) is 3. The molecule has 1 saturated carbocycles. The first-order valence-electron chi connectivity index (χ1n) is 6.11. The second-order valence-corrected chi connectivity index (χ2v) is 7.77. The van der Waals surface area contributed by atoms with Crippen molar-refractivity contribution in [3.63, 3.8) is 0 Å². The summed E-state index contributed by atoms with van der Waals surface area (Å²) in [6, 6.07) is 1.92. The first-order chi connectivity index (χ1) is 8.44. The third kappa shape index (κ3) is 1.63. The van der Waals surface area contributed by atoms with Crippen molar-refractivity contribution in [1.82, 2.24) is 14.1 Å². The van der Waals surface area contributed by atoms with Crippen molar-refractivity contribution >= 4 is 15.6 Å². The lowest BCUT2D eigenvalue weighted by Gasteiger charge is -2.21. The number of nitrogens with zero attached hydrogens (tertiary/aromatic N) is 3. The van der Waals surface area contributed by atoms with Crippen LogP contribution in [0, 0.1) is 0 Å². The molecule has 2 heterocycles. The van der Waals surface area contributed by atoms with Gasteiger partial charge in [0.05, 0.1) is 10.4 Å². The van der Waals surface area contributed by atoms with Gasteiger partial charge in [-0.25, -0.2) is 8.42 Å². The van der Waals surface area contributed by atoms with Crippen LogP contribution in [0.25, 0.3) is 5.57 Å². The van der Waals surface area contributed by atoms with Gasteiger partial charge < -0.3 is 0 Å². The summed E-state index contributed by atoms with van der Waals surface area (Å²) in [5.41, 5.74) is 2.04. The van der Waals surface area contributed by atoms with Crippen LogP contribution in [-0.2, 0) is 17.1 Å². The van der Waals surface area contributed by atoms with Crippen molar-refractivity contribution in [3.8, 4) is 0 Å². The van der Waals surface area contributed by atoms with Crippen LogP contribution in [0.4, 0.5) is 0 Å². The summed E-state index contributed by atoms with van der Waals surface area (Å²) in [5.74, 6) is 0. The van der Waals surface area contributed by atoms with Gasteiger partial charge in [-0.15, -0.1) is 0 Å². The van der Waals surface area contributed by atoms with Crippen molar-refractivity contribution in [2.45, 2.75) is 24.5 Å². The largest absolute Gasteiger partial charge is 0.268 e. The van der Waals surface area contributed by atoms with E-state index in [4.69, 9.17) is 0 Å². The molecule has 0 unspecified atom stereocenters. The summed E-state index contributed by atoms with van der Waals surface area (Å²) >= 11 is 0. The quantitative estimate of drug-likeness (QED) is 0.821.